The molecule has 1 rings (SSSR count). The highest BCUT2D eigenvalue weighted by atomic mass is 16.6. The lowest BCUT2D eigenvalue weighted by molar-refractivity contribution is 0.114. The first-order valence-electron chi connectivity index (χ1n) is 3.61. The van der Waals surface area contributed by atoms with Gasteiger partial charge in [-0.2, -0.15) is 0 Å². The highest BCUT2D eigenvalue weighted by Gasteiger charge is 1.98. The third-order valence-corrected chi connectivity index (χ3v) is 1.32. The predicted molar refractivity (Wildman–Crippen MR) is 47.3 cm³/mol. The van der Waals surface area contributed by atoms with Crippen molar-refractivity contribution in [3.63, 3.8) is 0 Å². The van der Waals surface area contributed by atoms with E-state index in [-0.39, 0.29) is 5.75 Å². The summed E-state index contributed by atoms with van der Waals surface area (Å²) in [5.74, 6) is 0.151. The van der Waals surface area contributed by atoms with Crippen LogP contribution in [0, 0.1) is 0 Å². The van der Waals surface area contributed by atoms with Gasteiger partial charge in [-0.1, -0.05) is 0 Å². The fourth-order valence-corrected chi connectivity index (χ4v) is 0.794. The van der Waals surface area contributed by atoms with Crippen molar-refractivity contribution >= 4 is 11.7 Å². The second-order valence-corrected chi connectivity index (χ2v) is 2.31. The summed E-state index contributed by atoms with van der Waals surface area (Å²) in [5.41, 5.74) is 2.67. The molecule has 0 bridgehead atoms. The third-order valence-electron chi connectivity index (χ3n) is 1.32. The molecule has 0 aromatic heterocycles. The molecule has 0 saturated heterocycles. The van der Waals surface area contributed by atoms with Gasteiger partial charge in [-0.15, -0.1) is 0 Å². The third kappa shape index (κ3) is 3.00. The van der Waals surface area contributed by atoms with Crippen LogP contribution in [0.3, 0.4) is 0 Å². The molecule has 2 amide bonds. The lowest BCUT2D eigenvalue weighted by atomic mass is 10.3. The summed E-state index contributed by atoms with van der Waals surface area (Å²) in [4.78, 5) is 15.3. The number of hydrogen-bond acceptors (Lipinski definition) is 3. The molecular formula is C8H10N2O3. The van der Waals surface area contributed by atoms with E-state index < -0.39 is 6.03 Å². The summed E-state index contributed by atoms with van der Waals surface area (Å²) in [6, 6.07) is 5.63. The Morgan fingerprint density at radius 3 is 2.54 bits per heavy atom. The number of amides is 2. The molecule has 1 aromatic carbocycles. The first kappa shape index (κ1) is 9.34. The van der Waals surface area contributed by atoms with E-state index in [0.29, 0.717) is 5.69 Å². The van der Waals surface area contributed by atoms with E-state index in [0.717, 1.165) is 0 Å². The van der Waals surface area contributed by atoms with E-state index in [2.05, 4.69) is 15.6 Å². The van der Waals surface area contributed by atoms with Gasteiger partial charge in [0.25, 0.3) is 0 Å². The number of benzene rings is 1. The topological polar surface area (TPSA) is 70.6 Å². The second kappa shape index (κ2) is 4.32. The Morgan fingerprint density at radius 1 is 1.38 bits per heavy atom. The zero-order valence-corrected chi connectivity index (χ0v) is 7.07. The molecular weight excluding hydrogens is 172 g/mol. The van der Waals surface area contributed by atoms with Gasteiger partial charge in [-0.05, 0) is 24.3 Å². The molecule has 0 aliphatic heterocycles. The van der Waals surface area contributed by atoms with Crippen molar-refractivity contribution in [2.24, 2.45) is 0 Å². The van der Waals surface area contributed by atoms with Crippen molar-refractivity contribution in [2.75, 3.05) is 12.4 Å². The number of hydroxylamine groups is 1. The normalized spacial score (nSPS) is 9.31. The Hall–Kier alpha value is -1.75. The second-order valence-electron chi connectivity index (χ2n) is 2.31. The molecule has 5 nitrogen and oxygen atoms in total. The van der Waals surface area contributed by atoms with Gasteiger partial charge in [0.1, 0.15) is 5.75 Å². The lowest BCUT2D eigenvalue weighted by Crippen LogP contribution is -2.27. The molecule has 1 aromatic rings. The van der Waals surface area contributed by atoms with Crippen LogP contribution in [0.1, 0.15) is 0 Å². The van der Waals surface area contributed by atoms with Crippen molar-refractivity contribution in [2.45, 2.75) is 0 Å². The van der Waals surface area contributed by atoms with Crippen LogP contribution in [0.2, 0.25) is 0 Å². The Labute approximate surface area is 75.3 Å². The molecule has 0 radical (unpaired) electrons. The Kier molecular flexibility index (Phi) is 3.10. The highest BCUT2D eigenvalue weighted by Crippen LogP contribution is 2.13. The van der Waals surface area contributed by atoms with Crippen molar-refractivity contribution in [3.8, 4) is 5.75 Å². The standard InChI is InChI=1S/C8H10N2O3/c1-13-10-8(12)9-6-2-4-7(11)5-3-6/h2-5,11H,1H3,(H2,9,10,12). The smallest absolute Gasteiger partial charge is 0.343 e. The summed E-state index contributed by atoms with van der Waals surface area (Å²) in [6.45, 7) is 0. The van der Waals surface area contributed by atoms with Crippen LogP contribution in [0.5, 0.6) is 5.75 Å². The molecule has 0 aliphatic carbocycles. The minimum absolute atomic E-state index is 0.151. The minimum atomic E-state index is -0.465. The largest absolute Gasteiger partial charge is 0.508 e. The van der Waals surface area contributed by atoms with Gasteiger partial charge >= 0.3 is 6.03 Å². The number of phenolic OH excluding ortho intramolecular Hbond substituents is 1. The maximum atomic E-state index is 10.9. The Bertz CT molecular complexity index is 284. The Balaban J connectivity index is 2.54. The fourth-order valence-electron chi connectivity index (χ4n) is 0.794. The number of carbonyl (C=O) groups excluding carboxylic acids is 1. The molecule has 0 unspecified atom stereocenters. The van der Waals surface area contributed by atoms with E-state index in [4.69, 9.17) is 5.11 Å². The Morgan fingerprint density at radius 2 is 2.00 bits per heavy atom. The van der Waals surface area contributed by atoms with Crippen LogP contribution in [-0.2, 0) is 4.84 Å². The highest BCUT2D eigenvalue weighted by molar-refractivity contribution is 5.88. The van der Waals surface area contributed by atoms with Crippen LogP contribution in [0.25, 0.3) is 0 Å². The minimum Gasteiger partial charge on any atom is -0.508 e. The van der Waals surface area contributed by atoms with E-state index in [1.807, 2.05) is 0 Å². The van der Waals surface area contributed by atoms with Crippen LogP contribution in [0.4, 0.5) is 10.5 Å². The number of aromatic hydroxyl groups is 1. The molecule has 13 heavy (non-hydrogen) atoms. The van der Waals surface area contributed by atoms with E-state index in [1.54, 1.807) is 12.1 Å². The maximum Gasteiger partial charge on any atom is 0.343 e. The fraction of sp³-hybridized carbons (Fsp3) is 0.125. The average Bonchev–Trinajstić information content (AvgIpc) is 2.09. The summed E-state index contributed by atoms with van der Waals surface area (Å²) in [7, 11) is 1.34. The number of phenols is 1. The number of nitrogens with one attached hydrogen (secondary N) is 2. The number of carbonyl (C=O) groups is 1. The van der Waals surface area contributed by atoms with Crippen molar-refractivity contribution < 1.29 is 14.7 Å². The summed E-state index contributed by atoms with van der Waals surface area (Å²) in [6.07, 6.45) is 0. The zero-order valence-electron chi connectivity index (χ0n) is 7.07. The molecule has 0 aliphatic rings. The van der Waals surface area contributed by atoms with Gasteiger partial charge in [0.2, 0.25) is 0 Å². The van der Waals surface area contributed by atoms with Crippen molar-refractivity contribution in [3.05, 3.63) is 24.3 Å². The number of urea groups is 1. The van der Waals surface area contributed by atoms with E-state index in [1.165, 1.54) is 19.2 Å². The van der Waals surface area contributed by atoms with Crippen LogP contribution in [0.15, 0.2) is 24.3 Å². The maximum absolute atomic E-state index is 10.9. The average molecular weight is 182 g/mol. The monoisotopic (exact) mass is 182 g/mol. The number of rotatable bonds is 2. The number of hydrogen-bond donors (Lipinski definition) is 3. The summed E-state index contributed by atoms with van der Waals surface area (Å²) < 4.78 is 0. The zero-order chi connectivity index (χ0) is 9.68. The van der Waals surface area contributed by atoms with Crippen molar-refractivity contribution in [1.82, 2.24) is 5.48 Å². The predicted octanol–water partition coefficient (Wildman–Crippen LogP) is 1.08. The number of anilines is 1. The lowest BCUT2D eigenvalue weighted by Gasteiger charge is -2.04. The van der Waals surface area contributed by atoms with Crippen LogP contribution >= 0.6 is 0 Å². The van der Waals surface area contributed by atoms with E-state index in [9.17, 15) is 4.79 Å². The molecule has 0 atom stereocenters. The van der Waals surface area contributed by atoms with Gasteiger partial charge in [0.05, 0.1) is 7.11 Å². The molecule has 5 heteroatoms. The molecule has 70 valence electrons. The summed E-state index contributed by atoms with van der Waals surface area (Å²) >= 11 is 0. The SMILES string of the molecule is CONC(=O)Nc1ccc(O)cc1. The molecule has 0 saturated carbocycles. The molecule has 0 heterocycles. The van der Waals surface area contributed by atoms with Crippen LogP contribution in [-0.4, -0.2) is 18.2 Å². The van der Waals surface area contributed by atoms with Gasteiger partial charge in [-0.25, -0.2) is 10.3 Å². The van der Waals surface area contributed by atoms with Gasteiger partial charge in [-0.3, -0.25) is 4.84 Å². The van der Waals surface area contributed by atoms with Gasteiger partial charge < -0.3 is 10.4 Å². The van der Waals surface area contributed by atoms with Crippen LogP contribution < -0.4 is 10.8 Å². The quantitative estimate of drug-likeness (QED) is 0.473. The van der Waals surface area contributed by atoms with Gasteiger partial charge in [0.15, 0.2) is 0 Å². The molecule has 0 fully saturated rings. The van der Waals surface area contributed by atoms with Crippen molar-refractivity contribution in [1.29, 1.82) is 0 Å². The first-order valence-corrected chi connectivity index (χ1v) is 3.61. The first-order chi connectivity index (χ1) is 6.22. The van der Waals surface area contributed by atoms with E-state index >= 15 is 0 Å². The van der Waals surface area contributed by atoms with Gasteiger partial charge in [0, 0.05) is 5.69 Å². The molecule has 3 N–H and O–H groups in total. The summed E-state index contributed by atoms with van der Waals surface area (Å²) in [5, 5.41) is 11.4. The molecule has 0 spiro atoms.